The Kier molecular flexibility index (Phi) is 19.2. The van der Waals surface area contributed by atoms with Crippen molar-refractivity contribution in [3.05, 3.63) is 510 Å². The zero-order valence-electron chi connectivity index (χ0n) is 74.1. The normalized spacial score (nSPS) is 11.7. The van der Waals surface area contributed by atoms with Crippen LogP contribution in [0.4, 0.5) is 34.1 Å². The van der Waals surface area contributed by atoms with Crippen molar-refractivity contribution in [2.75, 3.05) is 9.80 Å². The second-order valence-electron chi connectivity index (χ2n) is 35.3. The molecule has 0 atom stereocenters. The Hall–Kier alpha value is -18.1. The number of nitrogens with zero attached hydrogens (tertiary/aromatic N) is 4. The highest BCUT2D eigenvalue weighted by molar-refractivity contribution is 6.16. The summed E-state index contributed by atoms with van der Waals surface area (Å²) < 4.78 is 18.3. The van der Waals surface area contributed by atoms with Gasteiger partial charge in [-0.1, -0.05) is 382 Å². The molecule has 136 heavy (non-hydrogen) atoms. The van der Waals surface area contributed by atoms with Crippen molar-refractivity contribution in [3.63, 3.8) is 0 Å². The second kappa shape index (κ2) is 33.1. The fourth-order valence-corrected chi connectivity index (χ4v) is 21.2. The molecule has 0 saturated heterocycles. The molecule has 0 unspecified atom stereocenters. The van der Waals surface area contributed by atoms with E-state index in [2.05, 4.69) is 516 Å². The van der Waals surface area contributed by atoms with Gasteiger partial charge in [0.05, 0.1) is 50.5 Å². The third-order valence-corrected chi connectivity index (χ3v) is 27.6. The number of hydrogen-bond acceptors (Lipinski definition) is 4. The maximum atomic E-state index is 6.95. The SMILES string of the molecule is c1ccc(-c2cccc(-c3ccccc3N(c3ccc(-c4ccc(-c5cc(-c6cccc7cc(-c8ccc(N(c9ccc(-c%10ccc(-c%11cccc%12c%11oc%11ccccc%11%12)cc%10)cc9)c9ccccc9-c9ccccc9-n9c%10ccccc%10c%10ccccc%109)cc8)ccc67)cc6c5oc5ccccc56)cc4)cc3)c3ccccc3-c3ccccc3-n3c4ccccc4c4ccccc43)c2)cc1. The van der Waals surface area contributed by atoms with Crippen molar-refractivity contribution in [2.24, 2.45) is 0 Å². The van der Waals surface area contributed by atoms with Crippen molar-refractivity contribution >= 4 is 132 Å². The van der Waals surface area contributed by atoms with Crippen LogP contribution < -0.4 is 9.80 Å². The number of rotatable bonds is 18. The predicted octanol–water partition coefficient (Wildman–Crippen LogP) is 36.4. The predicted molar refractivity (Wildman–Crippen MR) is 571 cm³/mol. The van der Waals surface area contributed by atoms with Crippen LogP contribution in [0.25, 0.3) is 221 Å². The van der Waals surface area contributed by atoms with Crippen LogP contribution in [0.3, 0.4) is 0 Å². The lowest BCUT2D eigenvalue weighted by molar-refractivity contribution is 0.669. The minimum Gasteiger partial charge on any atom is -0.455 e. The van der Waals surface area contributed by atoms with Gasteiger partial charge in [0.15, 0.2) is 0 Å². The Bertz CT molecular complexity index is 9050. The van der Waals surface area contributed by atoms with Gasteiger partial charge in [0.2, 0.25) is 0 Å². The van der Waals surface area contributed by atoms with Gasteiger partial charge in [-0.15, -0.1) is 0 Å². The molecule has 636 valence electrons. The summed E-state index contributed by atoms with van der Waals surface area (Å²) in [6.07, 6.45) is 0. The van der Waals surface area contributed by atoms with E-state index in [4.69, 9.17) is 8.83 Å². The summed E-state index contributed by atoms with van der Waals surface area (Å²) in [5.41, 5.74) is 38.9. The molecule has 6 heteroatoms. The van der Waals surface area contributed by atoms with Gasteiger partial charge in [-0.05, 0) is 210 Å². The third kappa shape index (κ3) is 13.6. The van der Waals surface area contributed by atoms with E-state index in [0.717, 1.165) is 228 Å². The molecule has 0 spiro atoms. The molecule has 26 aromatic rings. The van der Waals surface area contributed by atoms with Gasteiger partial charge in [-0.3, -0.25) is 0 Å². The first-order valence-corrected chi connectivity index (χ1v) is 46.6. The van der Waals surface area contributed by atoms with Crippen LogP contribution in [0.2, 0.25) is 0 Å². The molecule has 0 bridgehead atoms. The molecule has 6 nitrogen and oxygen atoms in total. The molecule has 0 N–H and O–H groups in total. The first-order valence-electron chi connectivity index (χ1n) is 46.6. The standard InChI is InChI=1S/C130H84N4O2/c1-2-29-85(30-3-1)93-31-26-32-96(81-93)103-34-4-15-48-118(103)132(120-50-17-6-36-106(120)108-38-8-19-52-122(108)134-125-55-22-11-41-111(125)112-42-12-23-56-126(112)134)100-78-69-89(70-79-100)87-61-65-92(66-62-87)116-83-97(84-117-114-44-14-25-58-128(114)136-130(116)117)101-45-27-33-95-82-94(73-80-102(95)101)90-71-76-99(77-72-90)131(98-74-67-88(68-75-98)86-59-63-91(64-60-86)104-46-28-47-115-113-43-13-24-57-127(113)135-129(104)115)119-49-16-5-35-105(119)107-37-7-18-51-121(107)133-123-53-20-9-39-109(123)110-40-10-21-54-124(110)133/h1-84H. The molecule has 4 aromatic heterocycles. The molecule has 0 aliphatic carbocycles. The lowest BCUT2D eigenvalue weighted by atomic mass is 9.91. The summed E-state index contributed by atoms with van der Waals surface area (Å²) >= 11 is 0. The number of anilines is 6. The highest BCUT2D eigenvalue weighted by atomic mass is 16.3. The maximum absolute atomic E-state index is 6.95. The van der Waals surface area contributed by atoms with Crippen molar-refractivity contribution in [1.82, 2.24) is 9.13 Å². The Morgan fingerprint density at radius 1 is 0.154 bits per heavy atom. The van der Waals surface area contributed by atoms with Gasteiger partial charge in [0.25, 0.3) is 0 Å². The monoisotopic (exact) mass is 1730 g/mol. The highest BCUT2D eigenvalue weighted by Crippen LogP contribution is 2.52. The maximum Gasteiger partial charge on any atom is 0.143 e. The van der Waals surface area contributed by atoms with Crippen molar-refractivity contribution in [3.8, 4) is 123 Å². The van der Waals surface area contributed by atoms with Gasteiger partial charge in [0, 0.05) is 99.1 Å². The molecule has 0 radical (unpaired) electrons. The first-order chi connectivity index (χ1) is 67.5. The summed E-state index contributed by atoms with van der Waals surface area (Å²) in [5, 5.41) is 11.6. The molecule has 26 rings (SSSR count). The summed E-state index contributed by atoms with van der Waals surface area (Å²) in [7, 11) is 0. The fourth-order valence-electron chi connectivity index (χ4n) is 21.2. The van der Waals surface area contributed by atoms with Gasteiger partial charge in [-0.2, -0.15) is 0 Å². The lowest BCUT2D eigenvalue weighted by Crippen LogP contribution is -2.13. The minimum absolute atomic E-state index is 0.854. The molecular formula is C130H84N4O2. The van der Waals surface area contributed by atoms with Crippen molar-refractivity contribution in [2.45, 2.75) is 0 Å². The number of aromatic nitrogens is 2. The number of fused-ring (bicyclic) bond motifs is 13. The molecule has 0 aliphatic rings. The average Bonchev–Trinajstić information content (AvgIpc) is 1.59. The molecule has 0 amide bonds. The van der Waals surface area contributed by atoms with Gasteiger partial charge < -0.3 is 27.8 Å². The molecule has 22 aromatic carbocycles. The number of para-hydroxylation sites is 12. The topological polar surface area (TPSA) is 42.6 Å². The summed E-state index contributed by atoms with van der Waals surface area (Å²) in [6.45, 7) is 0. The van der Waals surface area contributed by atoms with E-state index < -0.39 is 0 Å². The quantitative estimate of drug-likeness (QED) is 0.0859. The van der Waals surface area contributed by atoms with E-state index in [9.17, 15) is 0 Å². The van der Waals surface area contributed by atoms with Crippen LogP contribution in [0.15, 0.2) is 518 Å². The zero-order chi connectivity index (χ0) is 89.7. The molecule has 4 heterocycles. The fraction of sp³-hybridized carbons (Fsp3) is 0. The Morgan fingerprint density at radius 2 is 0.485 bits per heavy atom. The molecule has 0 saturated carbocycles. The lowest BCUT2D eigenvalue weighted by Gasteiger charge is -2.30. The van der Waals surface area contributed by atoms with Crippen LogP contribution in [-0.4, -0.2) is 9.13 Å². The average molecular weight is 1730 g/mol. The second-order valence-corrected chi connectivity index (χ2v) is 35.3. The van der Waals surface area contributed by atoms with Gasteiger partial charge >= 0.3 is 0 Å². The van der Waals surface area contributed by atoms with Crippen LogP contribution >= 0.6 is 0 Å². The van der Waals surface area contributed by atoms with Crippen LogP contribution in [-0.2, 0) is 0 Å². The van der Waals surface area contributed by atoms with E-state index in [1.165, 1.54) is 27.1 Å². The molecular weight excluding hydrogens is 1650 g/mol. The largest absolute Gasteiger partial charge is 0.455 e. The number of furan rings is 2. The van der Waals surface area contributed by atoms with E-state index in [1.807, 2.05) is 12.1 Å². The first kappa shape index (κ1) is 78.9. The summed E-state index contributed by atoms with van der Waals surface area (Å²) in [6, 6.07) is 186. The molecule has 0 aliphatic heterocycles. The Balaban J connectivity index is 0.537. The number of benzene rings is 22. The summed E-state index contributed by atoms with van der Waals surface area (Å²) in [4.78, 5) is 4.89. The van der Waals surface area contributed by atoms with E-state index >= 15 is 0 Å². The van der Waals surface area contributed by atoms with E-state index in [1.54, 1.807) is 0 Å². The van der Waals surface area contributed by atoms with Crippen LogP contribution in [0.1, 0.15) is 0 Å². The number of hydrogen-bond donors (Lipinski definition) is 0. The van der Waals surface area contributed by atoms with Crippen molar-refractivity contribution in [1.29, 1.82) is 0 Å². The van der Waals surface area contributed by atoms with Crippen LogP contribution in [0.5, 0.6) is 0 Å². The van der Waals surface area contributed by atoms with Crippen molar-refractivity contribution < 1.29 is 8.83 Å². The van der Waals surface area contributed by atoms with E-state index in [0.29, 0.717) is 0 Å². The third-order valence-electron chi connectivity index (χ3n) is 27.6. The smallest absolute Gasteiger partial charge is 0.143 e. The molecule has 0 fully saturated rings. The minimum atomic E-state index is 0.854. The van der Waals surface area contributed by atoms with Gasteiger partial charge in [0.1, 0.15) is 22.3 Å². The van der Waals surface area contributed by atoms with Gasteiger partial charge in [-0.25, -0.2) is 0 Å². The van der Waals surface area contributed by atoms with E-state index in [-0.39, 0.29) is 0 Å². The Morgan fingerprint density at radius 3 is 1.02 bits per heavy atom. The van der Waals surface area contributed by atoms with Crippen LogP contribution in [0, 0.1) is 0 Å². The summed E-state index contributed by atoms with van der Waals surface area (Å²) in [5.74, 6) is 0. The Labute approximate surface area is 786 Å². The zero-order valence-corrected chi connectivity index (χ0v) is 74.1. The highest BCUT2D eigenvalue weighted by Gasteiger charge is 2.28.